The molecule has 1 fully saturated rings. The van der Waals surface area contributed by atoms with Crippen molar-refractivity contribution in [2.24, 2.45) is 10.2 Å². The minimum atomic E-state index is -0.217. The van der Waals surface area contributed by atoms with Gasteiger partial charge in [-0.15, -0.1) is 5.10 Å². The average Bonchev–Trinajstić information content (AvgIpc) is 2.49. The van der Waals surface area contributed by atoms with Gasteiger partial charge in [-0.1, -0.05) is 23.9 Å². The maximum Gasteiger partial charge on any atom is 0.186 e. The van der Waals surface area contributed by atoms with E-state index in [0.29, 0.717) is 0 Å². The van der Waals surface area contributed by atoms with Gasteiger partial charge in [0.2, 0.25) is 0 Å². The molecule has 2 aliphatic rings. The van der Waals surface area contributed by atoms with E-state index < -0.39 is 0 Å². The Balaban J connectivity index is 1.74. The number of halogens is 1. The zero-order valence-corrected chi connectivity index (χ0v) is 11.5. The highest BCUT2D eigenvalue weighted by molar-refractivity contribution is 8.14. The van der Waals surface area contributed by atoms with Gasteiger partial charge in [-0.3, -0.25) is 0 Å². The van der Waals surface area contributed by atoms with Crippen molar-refractivity contribution in [2.75, 3.05) is 18.8 Å². The van der Waals surface area contributed by atoms with Crippen molar-refractivity contribution in [3.8, 4) is 0 Å². The summed E-state index contributed by atoms with van der Waals surface area (Å²) in [5.74, 6) is 0.589. The van der Waals surface area contributed by atoms with E-state index in [9.17, 15) is 4.39 Å². The van der Waals surface area contributed by atoms with Crippen molar-refractivity contribution in [1.29, 1.82) is 0 Å². The molecule has 3 nitrogen and oxygen atoms in total. The van der Waals surface area contributed by atoms with Gasteiger partial charge in [-0.25, -0.2) is 4.39 Å². The van der Waals surface area contributed by atoms with E-state index in [-0.39, 0.29) is 5.82 Å². The molecular formula is C14H16FN3S. The molecule has 1 aromatic carbocycles. The standard InChI is InChI=1S/C14H16FN3S/c15-12-6-4-11(5-7-12)13-10-19-14(17-16-13)18-8-2-1-3-9-18/h4-7H,1-3,8-10H2. The molecule has 19 heavy (non-hydrogen) atoms. The number of hydrogen-bond donors (Lipinski definition) is 0. The van der Waals surface area contributed by atoms with Crippen molar-refractivity contribution in [3.05, 3.63) is 35.6 Å². The Kier molecular flexibility index (Phi) is 3.82. The van der Waals surface area contributed by atoms with E-state index in [1.807, 2.05) is 0 Å². The number of amidine groups is 1. The van der Waals surface area contributed by atoms with Crippen LogP contribution in [0.2, 0.25) is 0 Å². The molecule has 1 saturated heterocycles. The fraction of sp³-hybridized carbons (Fsp3) is 0.429. The molecule has 0 aromatic heterocycles. The molecule has 0 amide bonds. The number of likely N-dealkylation sites (tertiary alicyclic amines) is 1. The van der Waals surface area contributed by atoms with Crippen molar-refractivity contribution in [2.45, 2.75) is 19.3 Å². The first kappa shape index (κ1) is 12.7. The summed E-state index contributed by atoms with van der Waals surface area (Å²) in [6.07, 6.45) is 3.81. The molecule has 100 valence electrons. The maximum atomic E-state index is 12.9. The first-order valence-corrected chi connectivity index (χ1v) is 7.60. The highest BCUT2D eigenvalue weighted by Crippen LogP contribution is 2.21. The molecule has 0 N–H and O–H groups in total. The van der Waals surface area contributed by atoms with Crippen LogP contribution in [0.15, 0.2) is 34.5 Å². The van der Waals surface area contributed by atoms with E-state index in [4.69, 9.17) is 0 Å². The Bertz CT molecular complexity index is 504. The molecule has 1 aromatic rings. The fourth-order valence-electron chi connectivity index (χ4n) is 2.32. The average molecular weight is 277 g/mol. The number of rotatable bonds is 1. The Labute approximate surface area is 116 Å². The molecule has 5 heteroatoms. The van der Waals surface area contributed by atoms with E-state index in [1.54, 1.807) is 23.9 Å². The molecule has 0 spiro atoms. The Hall–Kier alpha value is -1.36. The van der Waals surface area contributed by atoms with E-state index in [2.05, 4.69) is 15.1 Å². The zero-order valence-electron chi connectivity index (χ0n) is 10.7. The van der Waals surface area contributed by atoms with Gasteiger partial charge in [0.05, 0.1) is 5.71 Å². The van der Waals surface area contributed by atoms with Crippen LogP contribution in [0.4, 0.5) is 4.39 Å². The molecule has 2 heterocycles. The first-order valence-electron chi connectivity index (χ1n) is 6.61. The van der Waals surface area contributed by atoms with Crippen molar-refractivity contribution < 1.29 is 4.39 Å². The minimum absolute atomic E-state index is 0.217. The van der Waals surface area contributed by atoms with Crippen LogP contribution in [0.1, 0.15) is 24.8 Å². The van der Waals surface area contributed by atoms with Crippen LogP contribution in [0, 0.1) is 5.82 Å². The van der Waals surface area contributed by atoms with Gasteiger partial charge in [0, 0.05) is 18.8 Å². The highest BCUT2D eigenvalue weighted by atomic mass is 32.2. The number of nitrogens with zero attached hydrogens (tertiary/aromatic N) is 3. The number of benzene rings is 1. The Morgan fingerprint density at radius 2 is 1.74 bits per heavy atom. The number of hydrogen-bond acceptors (Lipinski definition) is 4. The quantitative estimate of drug-likeness (QED) is 0.789. The van der Waals surface area contributed by atoms with Crippen molar-refractivity contribution in [1.82, 2.24) is 4.90 Å². The predicted octanol–water partition coefficient (Wildman–Crippen LogP) is 3.12. The third-order valence-electron chi connectivity index (χ3n) is 3.40. The summed E-state index contributed by atoms with van der Waals surface area (Å²) in [5, 5.41) is 9.67. The largest absolute Gasteiger partial charge is 0.350 e. The molecule has 0 bridgehead atoms. The van der Waals surface area contributed by atoms with Gasteiger partial charge in [0.15, 0.2) is 5.17 Å². The predicted molar refractivity (Wildman–Crippen MR) is 78.3 cm³/mol. The summed E-state index contributed by atoms with van der Waals surface area (Å²) < 4.78 is 12.9. The SMILES string of the molecule is Fc1ccc(C2=NN=C(N3CCCCC3)SC2)cc1. The lowest BCUT2D eigenvalue weighted by molar-refractivity contribution is 0.347. The van der Waals surface area contributed by atoms with Gasteiger partial charge >= 0.3 is 0 Å². The summed E-state index contributed by atoms with van der Waals surface area (Å²) in [4.78, 5) is 2.32. The molecule has 0 saturated carbocycles. The first-order chi connectivity index (χ1) is 9.33. The lowest BCUT2D eigenvalue weighted by atomic mass is 10.1. The lowest BCUT2D eigenvalue weighted by Gasteiger charge is -2.29. The molecule has 2 aliphatic heterocycles. The smallest absolute Gasteiger partial charge is 0.186 e. The summed E-state index contributed by atoms with van der Waals surface area (Å²) >= 11 is 1.73. The van der Waals surface area contributed by atoms with Crippen LogP contribution < -0.4 is 0 Å². The van der Waals surface area contributed by atoms with Crippen LogP contribution in [-0.2, 0) is 0 Å². The van der Waals surface area contributed by atoms with E-state index in [0.717, 1.165) is 35.3 Å². The molecular weight excluding hydrogens is 261 g/mol. The van der Waals surface area contributed by atoms with E-state index in [1.165, 1.54) is 31.4 Å². The van der Waals surface area contributed by atoms with Crippen molar-refractivity contribution in [3.63, 3.8) is 0 Å². The van der Waals surface area contributed by atoms with Crippen LogP contribution in [-0.4, -0.2) is 34.6 Å². The number of thioether (sulfide) groups is 1. The summed E-state index contributed by atoms with van der Waals surface area (Å²) in [6.45, 7) is 2.18. The van der Waals surface area contributed by atoms with Gasteiger partial charge in [-0.2, -0.15) is 5.10 Å². The molecule has 3 rings (SSSR count). The molecule has 0 aliphatic carbocycles. The second-order valence-electron chi connectivity index (χ2n) is 4.77. The van der Waals surface area contributed by atoms with Crippen molar-refractivity contribution >= 4 is 22.6 Å². The summed E-state index contributed by atoms with van der Waals surface area (Å²) in [7, 11) is 0. The van der Waals surface area contributed by atoms with Gasteiger partial charge in [-0.05, 0) is 37.0 Å². The fourth-order valence-corrected chi connectivity index (χ4v) is 3.27. The third kappa shape index (κ3) is 2.97. The monoisotopic (exact) mass is 277 g/mol. The van der Waals surface area contributed by atoms with Crippen LogP contribution in [0.3, 0.4) is 0 Å². The van der Waals surface area contributed by atoms with Crippen LogP contribution in [0.5, 0.6) is 0 Å². The van der Waals surface area contributed by atoms with E-state index >= 15 is 0 Å². The summed E-state index contributed by atoms with van der Waals surface area (Å²) in [6, 6.07) is 6.45. The topological polar surface area (TPSA) is 28.0 Å². The van der Waals surface area contributed by atoms with Gasteiger partial charge < -0.3 is 4.90 Å². The number of piperidine rings is 1. The van der Waals surface area contributed by atoms with Crippen LogP contribution >= 0.6 is 11.8 Å². The molecule has 0 atom stereocenters. The molecule has 0 radical (unpaired) electrons. The van der Waals surface area contributed by atoms with Gasteiger partial charge in [0.25, 0.3) is 0 Å². The second-order valence-corrected chi connectivity index (χ2v) is 5.72. The van der Waals surface area contributed by atoms with Crippen LogP contribution in [0.25, 0.3) is 0 Å². The Morgan fingerprint density at radius 1 is 1.00 bits per heavy atom. The normalized spacial score (nSPS) is 19.9. The zero-order chi connectivity index (χ0) is 13.1. The Morgan fingerprint density at radius 3 is 2.37 bits per heavy atom. The molecule has 0 unspecified atom stereocenters. The minimum Gasteiger partial charge on any atom is -0.350 e. The van der Waals surface area contributed by atoms with Gasteiger partial charge in [0.1, 0.15) is 5.82 Å². The lowest BCUT2D eigenvalue weighted by Crippen LogP contribution is -2.35. The third-order valence-corrected chi connectivity index (χ3v) is 4.41. The highest BCUT2D eigenvalue weighted by Gasteiger charge is 2.19. The summed E-state index contributed by atoms with van der Waals surface area (Å²) in [5.41, 5.74) is 1.88. The second kappa shape index (κ2) is 5.74. The maximum absolute atomic E-state index is 12.9.